The van der Waals surface area contributed by atoms with Gasteiger partial charge in [-0.2, -0.15) is 0 Å². The first-order valence-corrected chi connectivity index (χ1v) is 10.7. The lowest BCUT2D eigenvalue weighted by molar-refractivity contribution is -0.119. The first kappa shape index (κ1) is 17.6. The van der Waals surface area contributed by atoms with Gasteiger partial charge in [0.25, 0.3) is 5.56 Å². The number of anilines is 1. The maximum absolute atomic E-state index is 13.2. The number of carbonyl (C=O) groups is 1. The van der Waals surface area contributed by atoms with Crippen molar-refractivity contribution >= 4 is 33.1 Å². The summed E-state index contributed by atoms with van der Waals surface area (Å²) < 4.78 is 1.49. The topological polar surface area (TPSA) is 55.2 Å². The van der Waals surface area contributed by atoms with E-state index in [4.69, 9.17) is 0 Å². The number of benzene rings is 1. The van der Waals surface area contributed by atoms with E-state index >= 15 is 0 Å². The monoisotopic (exact) mass is 393 g/mol. The minimum atomic E-state index is -0.0782. The van der Waals surface area contributed by atoms with Gasteiger partial charge in [-0.15, -0.1) is 11.3 Å². The maximum Gasteiger partial charge on any atom is 0.262 e. The third kappa shape index (κ3) is 2.70. The van der Waals surface area contributed by atoms with E-state index in [1.54, 1.807) is 17.7 Å². The lowest BCUT2D eigenvalue weighted by Gasteiger charge is -2.23. The Kier molecular flexibility index (Phi) is 4.12. The number of fused-ring (bicyclic) bond motifs is 4. The van der Waals surface area contributed by atoms with Crippen molar-refractivity contribution in [1.82, 2.24) is 9.55 Å². The standard InChI is InChI=1S/C22H23N3O2S/c1-13-7-8-16-18(9-13)28-21-20(16)22(27)24(12-23-21)11-19(26)25-14(2)10-15-5-3-4-6-17(15)25/h3-6,12-14H,7-11H2,1-2H3. The Morgan fingerprint density at radius 3 is 2.93 bits per heavy atom. The fourth-order valence-electron chi connectivity index (χ4n) is 4.65. The summed E-state index contributed by atoms with van der Waals surface area (Å²) in [7, 11) is 0. The summed E-state index contributed by atoms with van der Waals surface area (Å²) in [4.78, 5) is 34.7. The Morgan fingerprint density at radius 1 is 1.25 bits per heavy atom. The van der Waals surface area contributed by atoms with Gasteiger partial charge in [0.15, 0.2) is 0 Å². The van der Waals surface area contributed by atoms with Crippen LogP contribution >= 0.6 is 11.3 Å². The first-order chi connectivity index (χ1) is 13.5. The van der Waals surface area contributed by atoms with Crippen molar-refractivity contribution in [3.63, 3.8) is 0 Å². The van der Waals surface area contributed by atoms with Crippen LogP contribution in [-0.2, 0) is 30.6 Å². The minimum Gasteiger partial charge on any atom is -0.307 e. The molecule has 1 aliphatic carbocycles. The Labute approximate surface area is 167 Å². The second-order valence-corrected chi connectivity index (χ2v) is 9.24. The highest BCUT2D eigenvalue weighted by atomic mass is 32.1. The van der Waals surface area contributed by atoms with E-state index in [0.717, 1.165) is 47.2 Å². The average molecular weight is 394 g/mol. The number of aryl methyl sites for hydroxylation is 1. The molecule has 2 aromatic heterocycles. The van der Waals surface area contributed by atoms with Crippen molar-refractivity contribution < 1.29 is 4.79 Å². The fraction of sp³-hybridized carbons (Fsp3) is 0.409. The largest absolute Gasteiger partial charge is 0.307 e. The molecule has 2 aliphatic rings. The lowest BCUT2D eigenvalue weighted by atomic mass is 9.89. The zero-order valence-corrected chi connectivity index (χ0v) is 17.0. The number of thiophene rings is 1. The Balaban J connectivity index is 1.50. The molecule has 0 radical (unpaired) electrons. The van der Waals surface area contributed by atoms with Crippen molar-refractivity contribution in [2.75, 3.05) is 4.90 Å². The number of carbonyl (C=O) groups excluding carboxylic acids is 1. The van der Waals surface area contributed by atoms with E-state index in [1.807, 2.05) is 23.1 Å². The smallest absolute Gasteiger partial charge is 0.262 e. The van der Waals surface area contributed by atoms with Crippen molar-refractivity contribution in [3.05, 3.63) is 57.0 Å². The van der Waals surface area contributed by atoms with Gasteiger partial charge in [0.1, 0.15) is 11.4 Å². The summed E-state index contributed by atoms with van der Waals surface area (Å²) in [5.41, 5.74) is 3.23. The van der Waals surface area contributed by atoms with Crippen LogP contribution in [0.4, 0.5) is 5.69 Å². The average Bonchev–Trinajstić information content (AvgIpc) is 3.20. The molecule has 3 aromatic rings. The van der Waals surface area contributed by atoms with Gasteiger partial charge in [0, 0.05) is 16.6 Å². The molecule has 1 amide bonds. The molecule has 0 N–H and O–H groups in total. The third-order valence-electron chi connectivity index (χ3n) is 6.06. The molecule has 5 nitrogen and oxygen atoms in total. The van der Waals surface area contributed by atoms with E-state index < -0.39 is 0 Å². The van der Waals surface area contributed by atoms with E-state index in [1.165, 1.54) is 15.0 Å². The quantitative estimate of drug-likeness (QED) is 0.669. The summed E-state index contributed by atoms with van der Waals surface area (Å²) in [6, 6.07) is 8.11. The molecule has 6 heteroatoms. The fourth-order valence-corrected chi connectivity index (χ4v) is 5.99. The van der Waals surface area contributed by atoms with Crippen LogP contribution in [0.3, 0.4) is 0 Å². The maximum atomic E-state index is 13.2. The summed E-state index contributed by atoms with van der Waals surface area (Å²) >= 11 is 1.64. The number of rotatable bonds is 2. The van der Waals surface area contributed by atoms with Crippen LogP contribution in [0.25, 0.3) is 10.2 Å². The summed E-state index contributed by atoms with van der Waals surface area (Å²) in [6.07, 6.45) is 5.46. The van der Waals surface area contributed by atoms with Crippen LogP contribution < -0.4 is 10.5 Å². The number of para-hydroxylation sites is 1. The zero-order chi connectivity index (χ0) is 19.4. The number of hydrogen-bond acceptors (Lipinski definition) is 4. The molecule has 2 atom stereocenters. The van der Waals surface area contributed by atoms with E-state index in [0.29, 0.717) is 5.92 Å². The second-order valence-electron chi connectivity index (χ2n) is 8.16. The molecule has 0 saturated heterocycles. The Bertz CT molecular complexity index is 1150. The molecule has 3 heterocycles. The van der Waals surface area contributed by atoms with Gasteiger partial charge in [-0.05, 0) is 55.7 Å². The molecular formula is C22H23N3O2S. The van der Waals surface area contributed by atoms with Gasteiger partial charge in [0.05, 0.1) is 11.7 Å². The number of hydrogen-bond donors (Lipinski definition) is 0. The molecular weight excluding hydrogens is 370 g/mol. The summed E-state index contributed by atoms with van der Waals surface area (Å²) in [6.45, 7) is 4.34. The molecule has 1 aromatic carbocycles. The van der Waals surface area contributed by atoms with Gasteiger partial charge in [-0.25, -0.2) is 4.98 Å². The summed E-state index contributed by atoms with van der Waals surface area (Å²) in [5, 5.41) is 0.733. The van der Waals surface area contributed by atoms with Crippen LogP contribution in [0.5, 0.6) is 0 Å². The second kappa shape index (κ2) is 6.55. The molecule has 1 aliphatic heterocycles. The van der Waals surface area contributed by atoms with Crippen molar-refractivity contribution in [2.45, 2.75) is 52.1 Å². The van der Waals surface area contributed by atoms with E-state index in [2.05, 4.69) is 24.9 Å². The highest BCUT2D eigenvalue weighted by molar-refractivity contribution is 7.18. The van der Waals surface area contributed by atoms with Gasteiger partial charge in [-0.1, -0.05) is 25.1 Å². The molecule has 28 heavy (non-hydrogen) atoms. The van der Waals surface area contributed by atoms with Crippen molar-refractivity contribution in [1.29, 1.82) is 0 Å². The van der Waals surface area contributed by atoms with Crippen LogP contribution in [0.1, 0.15) is 36.3 Å². The number of amides is 1. The molecule has 0 fully saturated rings. The minimum absolute atomic E-state index is 0.0292. The van der Waals surface area contributed by atoms with Crippen molar-refractivity contribution in [3.8, 4) is 0 Å². The van der Waals surface area contributed by atoms with Gasteiger partial charge in [-0.3, -0.25) is 14.2 Å². The van der Waals surface area contributed by atoms with Crippen molar-refractivity contribution in [2.24, 2.45) is 5.92 Å². The first-order valence-electron chi connectivity index (χ1n) is 9.92. The normalized spacial score (nSPS) is 21.0. The summed E-state index contributed by atoms with van der Waals surface area (Å²) in [5.74, 6) is 0.597. The zero-order valence-electron chi connectivity index (χ0n) is 16.1. The number of aromatic nitrogens is 2. The predicted molar refractivity (Wildman–Crippen MR) is 112 cm³/mol. The highest BCUT2D eigenvalue weighted by Crippen LogP contribution is 2.36. The Morgan fingerprint density at radius 2 is 2.07 bits per heavy atom. The van der Waals surface area contributed by atoms with Gasteiger partial charge >= 0.3 is 0 Å². The molecule has 0 saturated carbocycles. The lowest BCUT2D eigenvalue weighted by Crippen LogP contribution is -2.40. The third-order valence-corrected chi connectivity index (χ3v) is 7.23. The SMILES string of the molecule is CC1CCc2c(sc3ncn(CC(=O)N4c5ccccc5CC4C)c(=O)c23)C1. The number of nitrogens with zero attached hydrogens (tertiary/aromatic N) is 3. The highest BCUT2D eigenvalue weighted by Gasteiger charge is 2.31. The molecule has 0 bridgehead atoms. The molecule has 144 valence electrons. The molecule has 0 spiro atoms. The van der Waals surface area contributed by atoms with E-state index in [9.17, 15) is 9.59 Å². The molecule has 5 rings (SSSR count). The van der Waals surface area contributed by atoms with Crippen LogP contribution in [0.2, 0.25) is 0 Å². The predicted octanol–water partition coefficient (Wildman–Crippen LogP) is 3.56. The van der Waals surface area contributed by atoms with Gasteiger partial charge < -0.3 is 4.90 Å². The van der Waals surface area contributed by atoms with Crippen LogP contribution in [-0.4, -0.2) is 21.5 Å². The van der Waals surface area contributed by atoms with Gasteiger partial charge in [0.2, 0.25) is 5.91 Å². The molecule has 2 unspecified atom stereocenters. The van der Waals surface area contributed by atoms with E-state index in [-0.39, 0.29) is 24.1 Å². The van der Waals surface area contributed by atoms with Crippen LogP contribution in [0.15, 0.2) is 35.4 Å². The van der Waals surface area contributed by atoms with Crippen LogP contribution in [0, 0.1) is 5.92 Å². The Hall–Kier alpha value is -2.47.